The fourth-order valence-electron chi connectivity index (χ4n) is 2.03. The highest BCUT2D eigenvalue weighted by Crippen LogP contribution is 2.25. The molecular formula is C17H22N2O2S. The molecular weight excluding hydrogens is 296 g/mol. The first-order chi connectivity index (χ1) is 10.5. The second kappa shape index (κ2) is 7.51. The number of thioether (sulfide) groups is 1. The van der Waals surface area contributed by atoms with Gasteiger partial charge in [0.2, 0.25) is 0 Å². The molecule has 1 heterocycles. The Morgan fingerprint density at radius 2 is 2.18 bits per heavy atom. The molecule has 0 aliphatic rings. The van der Waals surface area contributed by atoms with Crippen molar-refractivity contribution >= 4 is 23.4 Å². The van der Waals surface area contributed by atoms with E-state index in [2.05, 4.69) is 25.2 Å². The molecule has 2 aromatic rings. The molecule has 0 radical (unpaired) electrons. The lowest BCUT2D eigenvalue weighted by Gasteiger charge is -2.13. The third kappa shape index (κ3) is 4.15. The maximum absolute atomic E-state index is 12.3. The van der Waals surface area contributed by atoms with E-state index in [0.717, 1.165) is 17.0 Å². The number of benzene rings is 1. The van der Waals surface area contributed by atoms with Gasteiger partial charge >= 0.3 is 0 Å². The van der Waals surface area contributed by atoms with Crippen LogP contribution in [0, 0.1) is 6.92 Å². The van der Waals surface area contributed by atoms with Crippen molar-refractivity contribution in [2.45, 2.75) is 38.3 Å². The predicted octanol–water partition coefficient (Wildman–Crippen LogP) is 3.94. The largest absolute Gasteiger partial charge is 0.467 e. The van der Waals surface area contributed by atoms with Gasteiger partial charge in [-0.05, 0) is 35.4 Å². The average molecular weight is 318 g/mol. The van der Waals surface area contributed by atoms with Gasteiger partial charge in [-0.3, -0.25) is 4.79 Å². The fourth-order valence-corrected chi connectivity index (χ4v) is 2.86. The van der Waals surface area contributed by atoms with Gasteiger partial charge in [0.1, 0.15) is 12.0 Å². The molecule has 1 aromatic carbocycles. The van der Waals surface area contributed by atoms with Crippen molar-refractivity contribution in [2.24, 2.45) is 5.73 Å². The van der Waals surface area contributed by atoms with Crippen LogP contribution < -0.4 is 11.1 Å². The maximum atomic E-state index is 12.3. The van der Waals surface area contributed by atoms with Gasteiger partial charge in [-0.25, -0.2) is 0 Å². The van der Waals surface area contributed by atoms with Crippen molar-refractivity contribution in [3.63, 3.8) is 0 Å². The highest BCUT2D eigenvalue weighted by atomic mass is 32.2. The number of nitrogens with one attached hydrogen (secondary N) is 1. The van der Waals surface area contributed by atoms with Crippen molar-refractivity contribution in [3.05, 3.63) is 53.0 Å². The average Bonchev–Trinajstić information content (AvgIpc) is 2.97. The monoisotopic (exact) mass is 318 g/mol. The summed E-state index contributed by atoms with van der Waals surface area (Å²) in [6.45, 7) is 6.68. The van der Waals surface area contributed by atoms with Gasteiger partial charge in [0.25, 0.3) is 5.91 Å². The van der Waals surface area contributed by atoms with Crippen LogP contribution in [-0.2, 0) is 12.3 Å². The van der Waals surface area contributed by atoms with Crippen molar-refractivity contribution in [1.29, 1.82) is 0 Å². The SMILES string of the molecule is Cc1c(CSC(C)C)cccc1NC(=O)c1coc(CN)c1. The van der Waals surface area contributed by atoms with Gasteiger partial charge in [-0.15, -0.1) is 0 Å². The number of amides is 1. The maximum Gasteiger partial charge on any atom is 0.258 e. The second-order valence-corrected chi connectivity index (χ2v) is 6.97. The zero-order valence-corrected chi connectivity index (χ0v) is 14.0. The topological polar surface area (TPSA) is 68.3 Å². The summed E-state index contributed by atoms with van der Waals surface area (Å²) in [6.07, 6.45) is 1.44. The Morgan fingerprint density at radius 1 is 1.41 bits per heavy atom. The molecule has 0 saturated heterocycles. The highest BCUT2D eigenvalue weighted by Gasteiger charge is 2.12. The molecule has 2 rings (SSSR count). The summed E-state index contributed by atoms with van der Waals surface area (Å²) in [5.74, 6) is 1.36. The minimum absolute atomic E-state index is 0.180. The molecule has 0 spiro atoms. The van der Waals surface area contributed by atoms with Crippen LogP contribution in [0.3, 0.4) is 0 Å². The zero-order valence-electron chi connectivity index (χ0n) is 13.2. The van der Waals surface area contributed by atoms with Gasteiger partial charge in [-0.2, -0.15) is 11.8 Å². The van der Waals surface area contributed by atoms with Crippen LogP contribution >= 0.6 is 11.8 Å². The molecule has 118 valence electrons. The Morgan fingerprint density at radius 3 is 2.82 bits per heavy atom. The van der Waals surface area contributed by atoms with E-state index in [4.69, 9.17) is 10.2 Å². The van der Waals surface area contributed by atoms with E-state index in [1.54, 1.807) is 6.07 Å². The summed E-state index contributed by atoms with van der Waals surface area (Å²) in [6, 6.07) is 7.66. The molecule has 0 saturated carbocycles. The van der Waals surface area contributed by atoms with Gasteiger partial charge in [0, 0.05) is 11.4 Å². The van der Waals surface area contributed by atoms with Crippen molar-refractivity contribution in [3.8, 4) is 0 Å². The van der Waals surface area contributed by atoms with Crippen molar-refractivity contribution < 1.29 is 9.21 Å². The first-order valence-corrected chi connectivity index (χ1v) is 8.35. The summed E-state index contributed by atoms with van der Waals surface area (Å²) in [5.41, 5.74) is 9.16. The summed E-state index contributed by atoms with van der Waals surface area (Å²) in [4.78, 5) is 12.3. The van der Waals surface area contributed by atoms with Crippen LogP contribution in [-0.4, -0.2) is 11.2 Å². The van der Waals surface area contributed by atoms with Crippen LogP contribution in [0.4, 0.5) is 5.69 Å². The number of nitrogens with two attached hydrogens (primary N) is 1. The Labute approximate surface area is 135 Å². The lowest BCUT2D eigenvalue weighted by Crippen LogP contribution is -2.12. The molecule has 5 heteroatoms. The summed E-state index contributed by atoms with van der Waals surface area (Å²) in [7, 11) is 0. The van der Waals surface area contributed by atoms with Crippen molar-refractivity contribution in [1.82, 2.24) is 0 Å². The minimum atomic E-state index is -0.180. The minimum Gasteiger partial charge on any atom is -0.467 e. The standard InChI is InChI=1S/C17H22N2O2S/c1-11(2)22-10-13-5-4-6-16(12(13)3)19-17(20)14-7-15(8-18)21-9-14/h4-7,9,11H,8,10,18H2,1-3H3,(H,19,20). The molecule has 0 unspecified atom stereocenters. The normalized spacial score (nSPS) is 11.0. The summed E-state index contributed by atoms with van der Waals surface area (Å²) < 4.78 is 5.20. The third-order valence-corrected chi connectivity index (χ3v) is 4.53. The summed E-state index contributed by atoms with van der Waals surface area (Å²) in [5, 5.41) is 3.52. The number of anilines is 1. The quantitative estimate of drug-likeness (QED) is 0.846. The van der Waals surface area contributed by atoms with Gasteiger partial charge in [0.05, 0.1) is 12.1 Å². The number of hydrogen-bond acceptors (Lipinski definition) is 4. The highest BCUT2D eigenvalue weighted by molar-refractivity contribution is 7.99. The van der Waals surface area contributed by atoms with E-state index in [0.29, 0.717) is 16.6 Å². The van der Waals surface area contributed by atoms with E-state index < -0.39 is 0 Å². The number of rotatable bonds is 6. The lowest BCUT2D eigenvalue weighted by atomic mass is 10.1. The molecule has 1 aromatic heterocycles. The molecule has 1 amide bonds. The lowest BCUT2D eigenvalue weighted by molar-refractivity contribution is 0.102. The molecule has 0 aliphatic heterocycles. The Hall–Kier alpha value is -1.72. The number of furan rings is 1. The summed E-state index contributed by atoms with van der Waals surface area (Å²) >= 11 is 1.89. The van der Waals surface area contributed by atoms with Crippen LogP contribution in [0.25, 0.3) is 0 Å². The molecule has 0 fully saturated rings. The van der Waals surface area contributed by atoms with Crippen LogP contribution in [0.1, 0.15) is 41.1 Å². The predicted molar refractivity (Wildman–Crippen MR) is 92.2 cm³/mol. The molecule has 22 heavy (non-hydrogen) atoms. The Bertz CT molecular complexity index is 650. The van der Waals surface area contributed by atoms with E-state index in [9.17, 15) is 4.79 Å². The first kappa shape index (κ1) is 16.6. The second-order valence-electron chi connectivity index (χ2n) is 5.41. The Balaban J connectivity index is 2.12. The molecule has 4 nitrogen and oxygen atoms in total. The van der Waals surface area contributed by atoms with E-state index in [1.807, 2.05) is 30.8 Å². The first-order valence-electron chi connectivity index (χ1n) is 7.30. The van der Waals surface area contributed by atoms with E-state index in [1.165, 1.54) is 11.8 Å². The van der Waals surface area contributed by atoms with E-state index >= 15 is 0 Å². The van der Waals surface area contributed by atoms with Crippen LogP contribution in [0.5, 0.6) is 0 Å². The molecule has 0 aliphatic carbocycles. The Kier molecular flexibility index (Phi) is 5.69. The van der Waals surface area contributed by atoms with Crippen molar-refractivity contribution in [2.75, 3.05) is 5.32 Å². The molecule has 3 N–H and O–H groups in total. The molecule has 0 bridgehead atoms. The van der Waals surface area contributed by atoms with Gasteiger partial charge in [-0.1, -0.05) is 26.0 Å². The van der Waals surface area contributed by atoms with Crippen LogP contribution in [0.15, 0.2) is 34.9 Å². The zero-order chi connectivity index (χ0) is 16.1. The smallest absolute Gasteiger partial charge is 0.258 e. The van der Waals surface area contributed by atoms with Crippen LogP contribution in [0.2, 0.25) is 0 Å². The van der Waals surface area contributed by atoms with Gasteiger partial charge in [0.15, 0.2) is 0 Å². The number of hydrogen-bond donors (Lipinski definition) is 2. The van der Waals surface area contributed by atoms with Gasteiger partial charge < -0.3 is 15.5 Å². The number of carbonyl (C=O) groups is 1. The fraction of sp³-hybridized carbons (Fsp3) is 0.353. The van der Waals surface area contributed by atoms with E-state index in [-0.39, 0.29) is 12.5 Å². The number of carbonyl (C=O) groups excluding carboxylic acids is 1. The molecule has 0 atom stereocenters. The third-order valence-electron chi connectivity index (χ3n) is 3.38.